The predicted molar refractivity (Wildman–Crippen MR) is 70.1 cm³/mol. The lowest BCUT2D eigenvalue weighted by atomic mass is 10.1. The van der Waals surface area contributed by atoms with E-state index in [0.717, 1.165) is 23.6 Å². The molecule has 2 aromatic rings. The molecule has 1 heterocycles. The Bertz CT molecular complexity index is 569. The van der Waals surface area contributed by atoms with Gasteiger partial charge >= 0.3 is 0 Å². The van der Waals surface area contributed by atoms with Crippen LogP contribution in [0.1, 0.15) is 29.7 Å². The highest BCUT2D eigenvalue weighted by Gasteiger charge is 2.29. The van der Waals surface area contributed by atoms with Crippen molar-refractivity contribution in [2.45, 2.75) is 29.3 Å². The second kappa shape index (κ2) is 5.26. The average Bonchev–Trinajstić information content (AvgIpc) is 3.15. The van der Waals surface area contributed by atoms with Gasteiger partial charge in [0.1, 0.15) is 5.82 Å². The topological polar surface area (TPSA) is 69.6 Å². The van der Waals surface area contributed by atoms with Crippen LogP contribution < -0.4 is 5.73 Å². The summed E-state index contributed by atoms with van der Waals surface area (Å²) in [6, 6.07) is 6.92. The van der Waals surface area contributed by atoms with Crippen LogP contribution >= 0.6 is 11.8 Å². The van der Waals surface area contributed by atoms with E-state index in [1.807, 2.05) is 10.7 Å². The number of halogens is 1. The lowest BCUT2D eigenvalue weighted by Gasteiger charge is -2.14. The Kier molecular flexibility index (Phi) is 3.48. The summed E-state index contributed by atoms with van der Waals surface area (Å²) in [5, 5.41) is 12.4. The van der Waals surface area contributed by atoms with E-state index < -0.39 is 0 Å². The lowest BCUT2D eigenvalue weighted by molar-refractivity contribution is 0.564. The molecule has 2 N–H and O–H groups in total. The standard InChI is InChI=1S/C12H14FN5S/c13-9-3-1-2-8(6-9)11(7-14)19-12-15-16-17-18(12)10-4-5-10/h1-3,6,10-11H,4-5,7,14H2. The minimum absolute atomic E-state index is 0.0424. The molecular weight excluding hydrogens is 265 g/mol. The van der Waals surface area contributed by atoms with Gasteiger partial charge < -0.3 is 5.73 Å². The van der Waals surface area contributed by atoms with Crippen LogP contribution in [0.15, 0.2) is 29.4 Å². The fourth-order valence-corrected chi connectivity index (χ4v) is 2.91. The predicted octanol–water partition coefficient (Wildman–Crippen LogP) is 1.94. The molecule has 1 saturated carbocycles. The van der Waals surface area contributed by atoms with Gasteiger partial charge in [0, 0.05) is 11.8 Å². The van der Waals surface area contributed by atoms with Gasteiger partial charge in [0.25, 0.3) is 0 Å². The summed E-state index contributed by atoms with van der Waals surface area (Å²) >= 11 is 1.49. The number of rotatable bonds is 5. The minimum atomic E-state index is -0.252. The van der Waals surface area contributed by atoms with E-state index in [9.17, 15) is 4.39 Å². The van der Waals surface area contributed by atoms with Crippen molar-refractivity contribution in [3.63, 3.8) is 0 Å². The van der Waals surface area contributed by atoms with Crippen molar-refractivity contribution < 1.29 is 4.39 Å². The third kappa shape index (κ3) is 2.76. The maximum absolute atomic E-state index is 13.3. The number of aromatic nitrogens is 4. The summed E-state index contributed by atoms with van der Waals surface area (Å²) in [5.41, 5.74) is 6.65. The maximum atomic E-state index is 13.3. The molecule has 0 spiro atoms. The summed E-state index contributed by atoms with van der Waals surface area (Å²) in [4.78, 5) is 0. The molecular formula is C12H14FN5S. The number of thioether (sulfide) groups is 1. The Hall–Kier alpha value is -1.47. The average molecular weight is 279 g/mol. The maximum Gasteiger partial charge on any atom is 0.210 e. The SMILES string of the molecule is NCC(Sc1nnnn1C1CC1)c1cccc(F)c1. The second-order valence-electron chi connectivity index (χ2n) is 4.53. The Morgan fingerprint density at radius 3 is 3.00 bits per heavy atom. The zero-order valence-electron chi connectivity index (χ0n) is 10.2. The zero-order chi connectivity index (χ0) is 13.2. The molecule has 1 fully saturated rings. The highest BCUT2D eigenvalue weighted by atomic mass is 32.2. The Balaban J connectivity index is 1.81. The van der Waals surface area contributed by atoms with Crippen molar-refractivity contribution in [3.8, 4) is 0 Å². The molecule has 1 aliphatic carbocycles. The number of hydrogen-bond donors (Lipinski definition) is 1. The molecule has 1 aromatic carbocycles. The van der Waals surface area contributed by atoms with Crippen LogP contribution in [0.4, 0.5) is 4.39 Å². The smallest absolute Gasteiger partial charge is 0.210 e. The first-order valence-corrected chi connectivity index (χ1v) is 7.06. The Morgan fingerprint density at radius 2 is 2.32 bits per heavy atom. The van der Waals surface area contributed by atoms with E-state index in [1.165, 1.54) is 23.9 Å². The summed E-state index contributed by atoms with van der Waals surface area (Å²) < 4.78 is 15.1. The largest absolute Gasteiger partial charge is 0.329 e. The van der Waals surface area contributed by atoms with Gasteiger partial charge in [0.15, 0.2) is 0 Å². The lowest BCUT2D eigenvalue weighted by Crippen LogP contribution is -2.11. The van der Waals surface area contributed by atoms with E-state index in [2.05, 4.69) is 15.5 Å². The molecule has 0 amide bonds. The number of hydrogen-bond acceptors (Lipinski definition) is 5. The van der Waals surface area contributed by atoms with Crippen LogP contribution in [0.3, 0.4) is 0 Å². The molecule has 0 radical (unpaired) electrons. The van der Waals surface area contributed by atoms with Crippen molar-refractivity contribution in [1.82, 2.24) is 20.2 Å². The summed E-state index contributed by atoms with van der Waals surface area (Å²) in [6.45, 7) is 0.408. The number of nitrogens with zero attached hydrogens (tertiary/aromatic N) is 4. The molecule has 1 unspecified atom stereocenters. The van der Waals surface area contributed by atoms with Gasteiger partial charge in [-0.15, -0.1) is 5.10 Å². The van der Waals surface area contributed by atoms with Crippen molar-refractivity contribution in [2.75, 3.05) is 6.54 Å². The second-order valence-corrected chi connectivity index (χ2v) is 5.70. The van der Waals surface area contributed by atoms with Gasteiger partial charge in [-0.2, -0.15) is 0 Å². The van der Waals surface area contributed by atoms with E-state index in [-0.39, 0.29) is 11.1 Å². The monoisotopic (exact) mass is 279 g/mol. The molecule has 1 aromatic heterocycles. The summed E-state index contributed by atoms with van der Waals surface area (Å²) in [7, 11) is 0. The molecule has 1 aliphatic rings. The van der Waals surface area contributed by atoms with Gasteiger partial charge in [0.2, 0.25) is 5.16 Å². The van der Waals surface area contributed by atoms with Gasteiger partial charge in [-0.05, 0) is 41.0 Å². The fourth-order valence-electron chi connectivity index (χ4n) is 1.90. The van der Waals surface area contributed by atoms with Gasteiger partial charge in [-0.3, -0.25) is 0 Å². The number of benzene rings is 1. The van der Waals surface area contributed by atoms with Crippen LogP contribution in [0.25, 0.3) is 0 Å². The normalized spacial score (nSPS) is 16.5. The molecule has 5 nitrogen and oxygen atoms in total. The quantitative estimate of drug-likeness (QED) is 0.847. The molecule has 19 heavy (non-hydrogen) atoms. The summed E-state index contributed by atoms with van der Waals surface area (Å²) in [5.74, 6) is -0.252. The fraction of sp³-hybridized carbons (Fsp3) is 0.417. The summed E-state index contributed by atoms with van der Waals surface area (Å²) in [6.07, 6.45) is 2.23. The van der Waals surface area contributed by atoms with E-state index in [1.54, 1.807) is 6.07 Å². The molecule has 3 rings (SSSR count). The van der Waals surface area contributed by atoms with Gasteiger partial charge in [-0.25, -0.2) is 9.07 Å². The Morgan fingerprint density at radius 1 is 1.47 bits per heavy atom. The van der Waals surface area contributed by atoms with Crippen molar-refractivity contribution in [1.29, 1.82) is 0 Å². The zero-order valence-corrected chi connectivity index (χ0v) is 11.1. The number of nitrogens with two attached hydrogens (primary N) is 1. The van der Waals surface area contributed by atoms with Gasteiger partial charge in [-0.1, -0.05) is 23.9 Å². The van der Waals surface area contributed by atoms with E-state index in [4.69, 9.17) is 5.73 Å². The highest BCUT2D eigenvalue weighted by molar-refractivity contribution is 7.99. The molecule has 7 heteroatoms. The third-order valence-corrected chi connectivity index (χ3v) is 4.27. The van der Waals surface area contributed by atoms with Crippen molar-refractivity contribution in [3.05, 3.63) is 35.6 Å². The first kappa shape index (κ1) is 12.6. The van der Waals surface area contributed by atoms with Crippen molar-refractivity contribution >= 4 is 11.8 Å². The van der Waals surface area contributed by atoms with Crippen LogP contribution in [0.2, 0.25) is 0 Å². The molecule has 0 bridgehead atoms. The Labute approximate surface area is 114 Å². The minimum Gasteiger partial charge on any atom is -0.329 e. The van der Waals surface area contributed by atoms with Crippen molar-refractivity contribution in [2.24, 2.45) is 5.73 Å². The van der Waals surface area contributed by atoms with Gasteiger partial charge in [0.05, 0.1) is 6.04 Å². The molecule has 0 saturated heterocycles. The first-order chi connectivity index (χ1) is 9.28. The van der Waals surface area contributed by atoms with Crippen LogP contribution in [-0.2, 0) is 0 Å². The molecule has 1 atom stereocenters. The van der Waals surface area contributed by atoms with E-state index >= 15 is 0 Å². The van der Waals surface area contributed by atoms with Crippen LogP contribution in [0, 0.1) is 5.82 Å². The van der Waals surface area contributed by atoms with Crippen LogP contribution in [-0.4, -0.2) is 26.8 Å². The third-order valence-electron chi connectivity index (χ3n) is 3.04. The number of tetrazole rings is 1. The highest BCUT2D eigenvalue weighted by Crippen LogP contribution is 2.39. The molecule has 0 aliphatic heterocycles. The molecule has 100 valence electrons. The van der Waals surface area contributed by atoms with E-state index in [0.29, 0.717) is 12.6 Å². The first-order valence-electron chi connectivity index (χ1n) is 6.18. The van der Waals surface area contributed by atoms with Crippen LogP contribution in [0.5, 0.6) is 0 Å².